The maximum absolute atomic E-state index is 15.7. The third kappa shape index (κ3) is 4.64. The van der Waals surface area contributed by atoms with Gasteiger partial charge in [0.1, 0.15) is 29.0 Å². The first-order valence-electron chi connectivity index (χ1n) is 13.2. The predicted octanol–water partition coefficient (Wildman–Crippen LogP) is 0.992. The zero-order valence-electron chi connectivity index (χ0n) is 22.2. The molecule has 5 aliphatic rings. The van der Waals surface area contributed by atoms with E-state index >= 15 is 4.39 Å². The van der Waals surface area contributed by atoms with Gasteiger partial charge in [0.2, 0.25) is 0 Å². The molecule has 4 fully saturated rings. The molecule has 4 amide bonds. The van der Waals surface area contributed by atoms with Gasteiger partial charge in [0, 0.05) is 20.1 Å². The largest absolute Gasteiger partial charge is 0.350 e. The summed E-state index contributed by atoms with van der Waals surface area (Å²) in [5.41, 5.74) is -2.35. The van der Waals surface area contributed by atoms with Crippen LogP contribution in [0.4, 0.5) is 13.2 Å². The second-order valence-corrected chi connectivity index (χ2v) is 11.1. The van der Waals surface area contributed by atoms with Gasteiger partial charge in [0.05, 0.1) is 13.1 Å². The molecule has 40 heavy (non-hydrogen) atoms. The molecule has 0 spiro atoms. The first kappa shape index (κ1) is 27.8. The summed E-state index contributed by atoms with van der Waals surface area (Å²) >= 11 is 0. The van der Waals surface area contributed by atoms with Crippen molar-refractivity contribution in [2.24, 2.45) is 4.99 Å². The van der Waals surface area contributed by atoms with E-state index in [1.54, 1.807) is 6.92 Å². The van der Waals surface area contributed by atoms with Crippen LogP contribution >= 0.6 is 0 Å². The van der Waals surface area contributed by atoms with Crippen molar-refractivity contribution in [1.82, 2.24) is 20.0 Å². The van der Waals surface area contributed by atoms with E-state index in [2.05, 4.69) is 10.3 Å². The lowest BCUT2D eigenvalue weighted by atomic mass is 9.75. The fourth-order valence-electron chi connectivity index (χ4n) is 6.03. The summed E-state index contributed by atoms with van der Waals surface area (Å²) in [6, 6.07) is 2.45. The van der Waals surface area contributed by atoms with Crippen LogP contribution in [0.25, 0.3) is 0 Å². The molecule has 13 heteroatoms. The summed E-state index contributed by atoms with van der Waals surface area (Å²) in [4.78, 5) is 73.1. The van der Waals surface area contributed by atoms with E-state index in [4.69, 9.17) is 0 Å². The molecule has 10 nitrogen and oxygen atoms in total. The molecule has 0 aromatic heterocycles. The van der Waals surface area contributed by atoms with Crippen molar-refractivity contribution in [2.75, 3.05) is 26.7 Å². The first-order chi connectivity index (χ1) is 18.8. The number of benzene rings is 1. The number of aryl methyl sites for hydroxylation is 1. The Labute approximate surface area is 228 Å². The van der Waals surface area contributed by atoms with Crippen LogP contribution in [0.2, 0.25) is 0 Å². The minimum atomic E-state index is -1.84. The molecule has 1 saturated carbocycles. The van der Waals surface area contributed by atoms with Crippen molar-refractivity contribution in [3.05, 3.63) is 35.1 Å². The molecule has 3 saturated heterocycles. The average molecular weight is 562 g/mol. The van der Waals surface area contributed by atoms with Crippen LogP contribution in [0.1, 0.15) is 43.2 Å². The second kappa shape index (κ2) is 10.0. The van der Waals surface area contributed by atoms with E-state index in [1.807, 2.05) is 0 Å². The molecule has 1 N–H and O–H groups in total. The fraction of sp³-hybridized carbons (Fsp3) is 0.556. The highest BCUT2D eigenvalue weighted by Crippen LogP contribution is 2.47. The maximum atomic E-state index is 15.7. The van der Waals surface area contributed by atoms with Crippen molar-refractivity contribution in [2.45, 2.75) is 69.0 Å². The summed E-state index contributed by atoms with van der Waals surface area (Å²) in [6.07, 6.45) is -1.24. The third-order valence-corrected chi connectivity index (χ3v) is 8.53. The SMILES string of the molecule is Cc1cc(CNC(=O)C2N=C3N(CC4(F)CCC3(N(C)C(=O)C(=O)N3CC[C@@H](F)C3)CC4)C(=O)C2=O)ccc1F. The molecule has 4 heterocycles. The predicted molar refractivity (Wildman–Crippen MR) is 135 cm³/mol. The van der Waals surface area contributed by atoms with Crippen LogP contribution < -0.4 is 5.32 Å². The van der Waals surface area contributed by atoms with Crippen molar-refractivity contribution in [3.63, 3.8) is 0 Å². The summed E-state index contributed by atoms with van der Waals surface area (Å²) < 4.78 is 43.0. The molecule has 2 atom stereocenters. The summed E-state index contributed by atoms with van der Waals surface area (Å²) in [5, 5.41) is 2.54. The number of nitrogens with one attached hydrogen (secondary N) is 1. The highest BCUT2D eigenvalue weighted by atomic mass is 19.1. The Hall–Kier alpha value is -3.77. The summed E-state index contributed by atoms with van der Waals surface area (Å²) in [6.45, 7) is 0.895. The molecule has 0 radical (unpaired) electrons. The van der Waals surface area contributed by atoms with Crippen LogP contribution in [0, 0.1) is 12.7 Å². The number of likely N-dealkylation sites (tertiary alicyclic amines) is 1. The van der Waals surface area contributed by atoms with Crippen LogP contribution in [0.3, 0.4) is 0 Å². The Morgan fingerprint density at radius 3 is 2.50 bits per heavy atom. The second-order valence-electron chi connectivity index (χ2n) is 11.1. The Morgan fingerprint density at radius 2 is 1.88 bits per heavy atom. The number of carbonyl (C=O) groups excluding carboxylic acids is 5. The fourth-order valence-corrected chi connectivity index (χ4v) is 6.03. The van der Waals surface area contributed by atoms with Crippen molar-refractivity contribution < 1.29 is 37.1 Å². The van der Waals surface area contributed by atoms with Crippen LogP contribution in [0.5, 0.6) is 0 Å². The number of carbonyl (C=O) groups is 5. The number of alkyl halides is 2. The highest BCUT2D eigenvalue weighted by molar-refractivity contribution is 6.46. The molecule has 1 aliphatic carbocycles. The van der Waals surface area contributed by atoms with E-state index < -0.39 is 65.2 Å². The summed E-state index contributed by atoms with van der Waals surface area (Å²) in [5.74, 6) is -5.57. The Bertz CT molecular complexity index is 1330. The molecule has 6 rings (SSSR count). The quantitative estimate of drug-likeness (QED) is 0.435. The van der Waals surface area contributed by atoms with Crippen molar-refractivity contribution in [3.8, 4) is 0 Å². The normalized spacial score (nSPS) is 29.6. The van der Waals surface area contributed by atoms with Gasteiger partial charge < -0.3 is 15.1 Å². The molecule has 4 aliphatic heterocycles. The molecular formula is C27H30F3N5O5. The van der Waals surface area contributed by atoms with E-state index in [-0.39, 0.29) is 57.6 Å². The number of hydrogen-bond donors (Lipinski definition) is 1. The molecule has 2 bridgehead atoms. The Balaban J connectivity index is 1.46. The third-order valence-electron chi connectivity index (χ3n) is 8.53. The average Bonchev–Trinajstić information content (AvgIpc) is 3.27. The monoisotopic (exact) mass is 561 g/mol. The number of hydrogen-bond acceptors (Lipinski definition) is 6. The van der Waals surface area contributed by atoms with Crippen LogP contribution in [-0.4, -0.2) is 100 Å². The van der Waals surface area contributed by atoms with Crippen molar-refractivity contribution in [1.29, 1.82) is 0 Å². The maximum Gasteiger partial charge on any atom is 0.312 e. The van der Waals surface area contributed by atoms with Gasteiger partial charge in [-0.2, -0.15) is 0 Å². The molecule has 214 valence electrons. The minimum Gasteiger partial charge on any atom is -0.350 e. The lowest BCUT2D eigenvalue weighted by Gasteiger charge is -2.46. The van der Waals surface area contributed by atoms with E-state index in [1.165, 1.54) is 25.2 Å². The molecular weight excluding hydrogens is 531 g/mol. The number of likely N-dealkylation sites (N-methyl/N-ethyl adjacent to an activating group) is 1. The van der Waals surface area contributed by atoms with Gasteiger partial charge in [-0.15, -0.1) is 0 Å². The number of ketones is 1. The van der Waals surface area contributed by atoms with E-state index in [0.29, 0.717) is 11.1 Å². The van der Waals surface area contributed by atoms with E-state index in [9.17, 15) is 32.8 Å². The number of amidine groups is 1. The smallest absolute Gasteiger partial charge is 0.312 e. The Morgan fingerprint density at radius 1 is 1.18 bits per heavy atom. The zero-order chi connectivity index (χ0) is 29.0. The first-order valence-corrected chi connectivity index (χ1v) is 13.2. The number of aliphatic imine (C=N–C) groups is 1. The zero-order valence-corrected chi connectivity index (χ0v) is 22.2. The number of fused-ring (bicyclic) bond motifs is 2. The van der Waals surface area contributed by atoms with Gasteiger partial charge in [-0.1, -0.05) is 12.1 Å². The van der Waals surface area contributed by atoms with E-state index in [0.717, 1.165) is 14.7 Å². The number of rotatable bonds is 4. The number of amides is 4. The number of Topliss-reactive ketones (excluding diaryl/α,β-unsaturated/α-hetero) is 1. The van der Waals surface area contributed by atoms with Gasteiger partial charge in [-0.3, -0.25) is 28.9 Å². The van der Waals surface area contributed by atoms with Gasteiger partial charge in [0.25, 0.3) is 17.6 Å². The van der Waals surface area contributed by atoms with Gasteiger partial charge in [-0.05, 0) is 56.2 Å². The molecule has 1 unspecified atom stereocenters. The van der Waals surface area contributed by atoms with Crippen molar-refractivity contribution >= 4 is 35.2 Å². The topological polar surface area (TPSA) is 119 Å². The summed E-state index contributed by atoms with van der Waals surface area (Å²) in [7, 11) is 1.34. The highest BCUT2D eigenvalue weighted by Gasteiger charge is 2.60. The van der Waals surface area contributed by atoms with Crippen LogP contribution in [0.15, 0.2) is 23.2 Å². The van der Waals surface area contributed by atoms with Gasteiger partial charge in [-0.25, -0.2) is 18.2 Å². The molecule has 1 aromatic rings. The lowest BCUT2D eigenvalue weighted by Crippen LogP contribution is -2.65. The number of halogens is 3. The lowest BCUT2D eigenvalue weighted by molar-refractivity contribution is -0.153. The van der Waals surface area contributed by atoms with Crippen LogP contribution in [-0.2, 0) is 30.5 Å². The minimum absolute atomic E-state index is 0.00472. The van der Waals surface area contributed by atoms with Gasteiger partial charge >= 0.3 is 11.8 Å². The standard InChI is InChI=1S/C27H30F3N5O5/c1-15-11-16(3-4-18(15)29)12-31-21(37)19-20(36)22(38)35-14-26(30)6-8-27(9-7-26,25(35)32-19)33(2)23(39)24(40)34-10-5-17(28)13-34/h3-4,11,17,19H,5-10,12-14H2,1-2H3,(H,31,37)/t17-,19?,26?,27?/m1/s1. The van der Waals surface area contributed by atoms with Gasteiger partial charge in [0.15, 0.2) is 6.04 Å². The number of nitrogens with zero attached hydrogens (tertiary/aromatic N) is 4. The Kier molecular flexibility index (Phi) is 6.95. The molecule has 1 aromatic carbocycles.